The molecule has 6 nitrogen and oxygen atoms in total. The average Bonchev–Trinajstić information content (AvgIpc) is 2.38. The van der Waals surface area contributed by atoms with Crippen LogP contribution in [0.2, 0.25) is 0 Å². The minimum absolute atomic E-state index is 0.177. The Morgan fingerprint density at radius 3 is 2.13 bits per heavy atom. The number of carbonyl (C=O) groups excluding carboxylic acids is 1. The molecule has 6 heteroatoms. The molecule has 128 valence electrons. The summed E-state index contributed by atoms with van der Waals surface area (Å²) in [6.07, 6.45) is -0.565. The van der Waals surface area contributed by atoms with Gasteiger partial charge >= 0.3 is 12.1 Å². The standard InChI is InChI=1S/C17H25NO5/c1-10-7-12(22-6)8-11(2)13(10)9-14(15(19)20)18-16(21)23-17(3,4)5/h7-8,14H,9H2,1-6H3,(H,18,21)(H,19,20)/t14-/m0/s1. The van der Waals surface area contributed by atoms with Crippen LogP contribution in [-0.4, -0.2) is 35.9 Å². The minimum Gasteiger partial charge on any atom is -0.497 e. The Bertz CT molecular complexity index is 566. The summed E-state index contributed by atoms with van der Waals surface area (Å²) >= 11 is 0. The summed E-state index contributed by atoms with van der Waals surface area (Å²) in [6.45, 7) is 8.94. The molecule has 0 unspecified atom stereocenters. The molecule has 0 aliphatic carbocycles. The molecule has 0 saturated heterocycles. The van der Waals surface area contributed by atoms with Gasteiger partial charge in [0.15, 0.2) is 0 Å². The molecule has 1 atom stereocenters. The number of carboxylic acid groups (broad SMARTS) is 1. The second kappa shape index (κ2) is 7.35. The number of carboxylic acids is 1. The normalized spacial score (nSPS) is 12.4. The van der Waals surface area contributed by atoms with Crippen molar-refractivity contribution in [1.29, 1.82) is 0 Å². The van der Waals surface area contributed by atoms with E-state index >= 15 is 0 Å². The maximum absolute atomic E-state index is 11.8. The lowest BCUT2D eigenvalue weighted by Gasteiger charge is -2.23. The number of amides is 1. The van der Waals surface area contributed by atoms with Gasteiger partial charge in [-0.1, -0.05) is 0 Å². The Hall–Kier alpha value is -2.24. The van der Waals surface area contributed by atoms with E-state index in [0.29, 0.717) is 0 Å². The number of aliphatic carboxylic acids is 1. The lowest BCUT2D eigenvalue weighted by molar-refractivity contribution is -0.139. The van der Waals surface area contributed by atoms with E-state index < -0.39 is 23.7 Å². The van der Waals surface area contributed by atoms with Crippen LogP contribution in [0, 0.1) is 13.8 Å². The fourth-order valence-electron chi connectivity index (χ4n) is 2.25. The number of carbonyl (C=O) groups is 2. The van der Waals surface area contributed by atoms with Gasteiger partial charge in [-0.2, -0.15) is 0 Å². The van der Waals surface area contributed by atoms with Gasteiger partial charge in [-0.3, -0.25) is 0 Å². The molecule has 1 rings (SSSR count). The summed E-state index contributed by atoms with van der Waals surface area (Å²) in [5.74, 6) is -0.388. The third-order valence-electron chi connectivity index (χ3n) is 3.30. The highest BCUT2D eigenvalue weighted by Crippen LogP contribution is 2.23. The summed E-state index contributed by atoms with van der Waals surface area (Å²) in [5.41, 5.74) is 2.02. The first-order valence-corrected chi connectivity index (χ1v) is 7.40. The molecule has 0 aliphatic heterocycles. The number of hydrogen-bond donors (Lipinski definition) is 2. The number of nitrogens with one attached hydrogen (secondary N) is 1. The van der Waals surface area contributed by atoms with E-state index in [1.165, 1.54) is 0 Å². The molecule has 0 spiro atoms. The van der Waals surface area contributed by atoms with Crippen LogP contribution in [0.25, 0.3) is 0 Å². The first-order chi connectivity index (χ1) is 10.5. The van der Waals surface area contributed by atoms with Gasteiger partial charge in [0.05, 0.1) is 7.11 Å². The van der Waals surface area contributed by atoms with E-state index in [9.17, 15) is 14.7 Å². The number of alkyl carbamates (subject to hydrolysis) is 1. The highest BCUT2D eigenvalue weighted by Gasteiger charge is 2.25. The Morgan fingerprint density at radius 1 is 1.22 bits per heavy atom. The van der Waals surface area contributed by atoms with Crippen molar-refractivity contribution >= 4 is 12.1 Å². The van der Waals surface area contributed by atoms with Gasteiger partial charge in [0.1, 0.15) is 17.4 Å². The topological polar surface area (TPSA) is 84.9 Å². The first kappa shape index (κ1) is 18.8. The van der Waals surface area contributed by atoms with E-state index in [1.54, 1.807) is 27.9 Å². The maximum atomic E-state index is 11.8. The molecule has 1 amide bonds. The smallest absolute Gasteiger partial charge is 0.408 e. The fraction of sp³-hybridized carbons (Fsp3) is 0.529. The molecule has 0 aliphatic rings. The number of rotatable bonds is 5. The second-order valence-electron chi connectivity index (χ2n) is 6.48. The van der Waals surface area contributed by atoms with Crippen LogP contribution in [0.4, 0.5) is 4.79 Å². The largest absolute Gasteiger partial charge is 0.497 e. The van der Waals surface area contributed by atoms with Gasteiger partial charge in [0.2, 0.25) is 0 Å². The maximum Gasteiger partial charge on any atom is 0.408 e. The number of hydrogen-bond acceptors (Lipinski definition) is 4. The minimum atomic E-state index is -1.11. The third-order valence-corrected chi connectivity index (χ3v) is 3.30. The molecule has 0 radical (unpaired) electrons. The van der Waals surface area contributed by atoms with Crippen molar-refractivity contribution in [2.24, 2.45) is 0 Å². The Balaban J connectivity index is 2.93. The number of aryl methyl sites for hydroxylation is 2. The van der Waals surface area contributed by atoms with Crippen molar-refractivity contribution in [3.05, 3.63) is 28.8 Å². The zero-order chi connectivity index (χ0) is 17.8. The quantitative estimate of drug-likeness (QED) is 0.870. The van der Waals surface area contributed by atoms with E-state index in [1.807, 2.05) is 26.0 Å². The number of benzene rings is 1. The van der Waals surface area contributed by atoms with E-state index in [4.69, 9.17) is 9.47 Å². The van der Waals surface area contributed by atoms with Crippen LogP contribution in [0.3, 0.4) is 0 Å². The Morgan fingerprint density at radius 2 is 1.74 bits per heavy atom. The van der Waals surface area contributed by atoms with Crippen molar-refractivity contribution in [3.8, 4) is 5.75 Å². The molecule has 0 heterocycles. The van der Waals surface area contributed by atoms with E-state index in [-0.39, 0.29) is 6.42 Å². The van der Waals surface area contributed by atoms with E-state index in [2.05, 4.69) is 5.32 Å². The lowest BCUT2D eigenvalue weighted by atomic mass is 9.96. The molecule has 0 saturated carbocycles. The van der Waals surface area contributed by atoms with Crippen LogP contribution >= 0.6 is 0 Å². The zero-order valence-electron chi connectivity index (χ0n) is 14.5. The van der Waals surface area contributed by atoms with Gasteiger partial charge in [-0.05, 0) is 63.4 Å². The SMILES string of the molecule is COc1cc(C)c(C[C@H](NC(=O)OC(C)(C)C)C(=O)O)c(C)c1. The summed E-state index contributed by atoms with van der Waals surface area (Å²) in [6, 6.07) is 2.62. The van der Waals surface area contributed by atoms with Crippen molar-refractivity contribution in [3.63, 3.8) is 0 Å². The van der Waals surface area contributed by atoms with Gasteiger partial charge < -0.3 is 19.9 Å². The lowest BCUT2D eigenvalue weighted by Crippen LogP contribution is -2.44. The van der Waals surface area contributed by atoms with Gasteiger partial charge in [-0.15, -0.1) is 0 Å². The zero-order valence-corrected chi connectivity index (χ0v) is 14.5. The Labute approximate surface area is 136 Å². The molecule has 2 N–H and O–H groups in total. The fourth-order valence-corrected chi connectivity index (χ4v) is 2.25. The van der Waals surface area contributed by atoms with Gasteiger partial charge in [0.25, 0.3) is 0 Å². The van der Waals surface area contributed by atoms with Gasteiger partial charge in [-0.25, -0.2) is 9.59 Å². The highest BCUT2D eigenvalue weighted by atomic mass is 16.6. The van der Waals surface area contributed by atoms with Crippen molar-refractivity contribution < 1.29 is 24.2 Å². The van der Waals surface area contributed by atoms with Crippen molar-refractivity contribution in [1.82, 2.24) is 5.32 Å². The summed E-state index contributed by atoms with van der Waals surface area (Å²) < 4.78 is 10.3. The summed E-state index contributed by atoms with van der Waals surface area (Å²) in [5, 5.41) is 11.8. The average molecular weight is 323 g/mol. The first-order valence-electron chi connectivity index (χ1n) is 7.40. The molecule has 0 bridgehead atoms. The molecular formula is C17H25NO5. The van der Waals surface area contributed by atoms with Crippen LogP contribution in [0.5, 0.6) is 5.75 Å². The van der Waals surface area contributed by atoms with Crippen molar-refractivity contribution in [2.75, 3.05) is 7.11 Å². The second-order valence-corrected chi connectivity index (χ2v) is 6.48. The van der Waals surface area contributed by atoms with E-state index in [0.717, 1.165) is 22.4 Å². The predicted molar refractivity (Wildman–Crippen MR) is 87.0 cm³/mol. The molecule has 1 aromatic rings. The predicted octanol–water partition coefficient (Wildman–Crippen LogP) is 2.83. The van der Waals surface area contributed by atoms with Crippen LogP contribution in [0.1, 0.15) is 37.5 Å². The van der Waals surface area contributed by atoms with Crippen LogP contribution < -0.4 is 10.1 Å². The molecule has 0 fully saturated rings. The van der Waals surface area contributed by atoms with Crippen molar-refractivity contribution in [2.45, 2.75) is 52.7 Å². The summed E-state index contributed by atoms with van der Waals surface area (Å²) in [4.78, 5) is 23.3. The molecule has 0 aromatic heterocycles. The number of methoxy groups -OCH3 is 1. The van der Waals surface area contributed by atoms with Crippen LogP contribution in [-0.2, 0) is 16.0 Å². The summed E-state index contributed by atoms with van der Waals surface area (Å²) in [7, 11) is 1.58. The van der Waals surface area contributed by atoms with Gasteiger partial charge in [0, 0.05) is 6.42 Å². The molecule has 1 aromatic carbocycles. The monoisotopic (exact) mass is 323 g/mol. The highest BCUT2D eigenvalue weighted by molar-refractivity contribution is 5.80. The molecule has 23 heavy (non-hydrogen) atoms. The van der Waals surface area contributed by atoms with Crippen LogP contribution in [0.15, 0.2) is 12.1 Å². The number of ether oxygens (including phenoxy) is 2. The Kier molecular flexibility index (Phi) is 6.01. The third kappa shape index (κ3) is 5.81. The molecular weight excluding hydrogens is 298 g/mol.